The third-order valence-corrected chi connectivity index (χ3v) is 4.49. The highest BCUT2D eigenvalue weighted by atomic mass is 32.1. The lowest BCUT2D eigenvalue weighted by Crippen LogP contribution is -2.57. The number of likely N-dealkylation sites (N-methyl/N-ethyl adjacent to an activating group) is 1. The minimum absolute atomic E-state index is 0.0570. The maximum atomic E-state index is 12.5. The molecule has 1 aromatic rings. The Bertz CT molecular complexity index is 537. The van der Waals surface area contributed by atoms with Gasteiger partial charge < -0.3 is 20.5 Å². The number of hydrogen-bond donors (Lipinski definition) is 2. The van der Waals surface area contributed by atoms with Gasteiger partial charge in [-0.05, 0) is 31.3 Å². The molecule has 0 spiro atoms. The molecule has 1 aromatic heterocycles. The number of anilines is 1. The van der Waals surface area contributed by atoms with Gasteiger partial charge >= 0.3 is 5.97 Å². The summed E-state index contributed by atoms with van der Waals surface area (Å²) >= 11 is 0.991. The minimum Gasteiger partial charge on any atom is -0.478 e. The number of aromatic nitrogens is 1. The number of carboxylic acids is 1. The third kappa shape index (κ3) is 2.54. The quantitative estimate of drug-likeness (QED) is 0.847. The highest BCUT2D eigenvalue weighted by molar-refractivity contribution is 7.11. The van der Waals surface area contributed by atoms with Crippen molar-refractivity contribution in [2.45, 2.75) is 25.3 Å². The van der Waals surface area contributed by atoms with Crippen molar-refractivity contribution in [3.63, 3.8) is 0 Å². The van der Waals surface area contributed by atoms with Crippen LogP contribution in [-0.4, -0.2) is 47.2 Å². The molecular formula is C12H17N3O4S. The van der Waals surface area contributed by atoms with E-state index in [1.807, 2.05) is 0 Å². The van der Waals surface area contributed by atoms with Gasteiger partial charge in [-0.3, -0.25) is 4.79 Å². The van der Waals surface area contributed by atoms with E-state index in [0.717, 1.165) is 11.5 Å². The van der Waals surface area contributed by atoms with Gasteiger partial charge in [0.15, 0.2) is 0 Å². The highest BCUT2D eigenvalue weighted by Gasteiger charge is 2.39. The van der Waals surface area contributed by atoms with Crippen LogP contribution in [-0.2, 0) is 9.53 Å². The summed E-state index contributed by atoms with van der Waals surface area (Å²) in [6, 6.07) is 0. The summed E-state index contributed by atoms with van der Waals surface area (Å²) in [5.41, 5.74) is 5.60. The number of nitrogens with two attached hydrogens (primary N) is 1. The largest absolute Gasteiger partial charge is 0.478 e. The first-order valence-corrected chi connectivity index (χ1v) is 6.98. The zero-order chi connectivity index (χ0) is 14.9. The summed E-state index contributed by atoms with van der Waals surface area (Å²) in [6.07, 6.45) is 0.854. The first-order valence-electron chi connectivity index (χ1n) is 6.21. The van der Waals surface area contributed by atoms with Crippen LogP contribution in [0, 0.1) is 6.92 Å². The fourth-order valence-electron chi connectivity index (χ4n) is 2.21. The van der Waals surface area contributed by atoms with Crippen LogP contribution < -0.4 is 10.6 Å². The van der Waals surface area contributed by atoms with E-state index in [4.69, 9.17) is 10.5 Å². The van der Waals surface area contributed by atoms with Crippen molar-refractivity contribution in [3.05, 3.63) is 11.3 Å². The fourth-order valence-corrected chi connectivity index (χ4v) is 3.06. The highest BCUT2D eigenvalue weighted by Crippen LogP contribution is 2.30. The Hall–Kier alpha value is -1.51. The van der Waals surface area contributed by atoms with Gasteiger partial charge in [-0.2, -0.15) is 4.37 Å². The lowest BCUT2D eigenvalue weighted by molar-refractivity contribution is -0.126. The number of hydrogen-bond acceptors (Lipinski definition) is 6. The Morgan fingerprint density at radius 3 is 2.60 bits per heavy atom. The van der Waals surface area contributed by atoms with Gasteiger partial charge in [-0.15, -0.1) is 0 Å². The summed E-state index contributed by atoms with van der Waals surface area (Å²) < 4.78 is 9.22. The molecule has 0 aliphatic carbocycles. The van der Waals surface area contributed by atoms with Crippen LogP contribution in [0.1, 0.15) is 28.9 Å². The van der Waals surface area contributed by atoms with Crippen LogP contribution in [0.15, 0.2) is 0 Å². The number of carbonyl (C=O) groups is 2. The predicted octanol–water partition coefficient (Wildman–Crippen LogP) is 0.620. The Balaban J connectivity index is 2.29. The summed E-state index contributed by atoms with van der Waals surface area (Å²) in [7, 11) is 1.53. The summed E-state index contributed by atoms with van der Waals surface area (Å²) in [6.45, 7) is 2.47. The first kappa shape index (κ1) is 14.9. The normalized spacial score (nSPS) is 17.8. The van der Waals surface area contributed by atoms with Crippen molar-refractivity contribution in [1.82, 2.24) is 4.37 Å². The van der Waals surface area contributed by atoms with E-state index in [9.17, 15) is 14.7 Å². The van der Waals surface area contributed by atoms with E-state index in [0.29, 0.717) is 36.8 Å². The van der Waals surface area contributed by atoms with Gasteiger partial charge in [0, 0.05) is 20.3 Å². The van der Waals surface area contributed by atoms with Gasteiger partial charge in [0.05, 0.1) is 5.69 Å². The molecule has 110 valence electrons. The molecule has 1 amide bonds. The molecule has 3 N–H and O–H groups in total. The van der Waals surface area contributed by atoms with Gasteiger partial charge in [0.25, 0.3) is 0 Å². The molecule has 1 aliphatic rings. The summed E-state index contributed by atoms with van der Waals surface area (Å²) in [5, 5.41) is 9.53. The standard InChI is InChI=1S/C12H17N3O4S/c1-7-8(10(16)17)9(20-14-7)15(2)11(18)12(13)3-5-19-6-4-12/h3-6,13H2,1-2H3,(H,16,17). The molecule has 2 heterocycles. The lowest BCUT2D eigenvalue weighted by Gasteiger charge is -2.34. The van der Waals surface area contributed by atoms with E-state index in [2.05, 4.69) is 4.37 Å². The van der Waals surface area contributed by atoms with Crippen molar-refractivity contribution in [1.29, 1.82) is 0 Å². The number of carboxylic acid groups (broad SMARTS) is 1. The third-order valence-electron chi connectivity index (χ3n) is 3.48. The molecule has 1 fully saturated rings. The van der Waals surface area contributed by atoms with Crippen LogP contribution >= 0.6 is 11.5 Å². The van der Waals surface area contributed by atoms with E-state index < -0.39 is 11.5 Å². The van der Waals surface area contributed by atoms with Crippen LogP contribution in [0.25, 0.3) is 0 Å². The molecule has 1 aliphatic heterocycles. The minimum atomic E-state index is -1.09. The van der Waals surface area contributed by atoms with Crippen LogP contribution in [0.2, 0.25) is 0 Å². The second-order valence-corrected chi connectivity index (χ2v) is 5.64. The molecule has 7 nitrogen and oxygen atoms in total. The van der Waals surface area contributed by atoms with E-state index in [-0.39, 0.29) is 11.5 Å². The predicted molar refractivity (Wildman–Crippen MR) is 74.2 cm³/mol. The number of nitrogens with zero attached hydrogens (tertiary/aromatic N) is 2. The first-order chi connectivity index (χ1) is 9.37. The molecule has 0 radical (unpaired) electrons. The lowest BCUT2D eigenvalue weighted by atomic mass is 9.90. The average Bonchev–Trinajstić information content (AvgIpc) is 2.80. The Morgan fingerprint density at radius 2 is 2.05 bits per heavy atom. The molecule has 1 saturated heterocycles. The van der Waals surface area contributed by atoms with Gasteiger partial charge in [-0.25, -0.2) is 4.79 Å². The molecule has 0 bridgehead atoms. The van der Waals surface area contributed by atoms with E-state index in [1.165, 1.54) is 11.9 Å². The van der Waals surface area contributed by atoms with Crippen LogP contribution in [0.5, 0.6) is 0 Å². The van der Waals surface area contributed by atoms with Gasteiger partial charge in [0.2, 0.25) is 5.91 Å². The number of ether oxygens (including phenoxy) is 1. The topological polar surface area (TPSA) is 106 Å². The molecular weight excluding hydrogens is 282 g/mol. The number of amides is 1. The van der Waals surface area contributed by atoms with Crippen molar-refractivity contribution in [2.75, 3.05) is 25.2 Å². The number of rotatable bonds is 3. The fraction of sp³-hybridized carbons (Fsp3) is 0.583. The van der Waals surface area contributed by atoms with Crippen LogP contribution in [0.3, 0.4) is 0 Å². The maximum absolute atomic E-state index is 12.5. The van der Waals surface area contributed by atoms with Crippen molar-refractivity contribution < 1.29 is 19.4 Å². The smallest absolute Gasteiger partial charge is 0.340 e. The van der Waals surface area contributed by atoms with E-state index >= 15 is 0 Å². The Labute approximate surface area is 120 Å². The molecule has 0 saturated carbocycles. The molecule has 0 aromatic carbocycles. The number of carbonyl (C=O) groups excluding carboxylic acids is 1. The van der Waals surface area contributed by atoms with Crippen LogP contribution in [0.4, 0.5) is 5.00 Å². The zero-order valence-electron chi connectivity index (χ0n) is 11.4. The molecule has 2 rings (SSSR count). The number of aromatic carboxylic acids is 1. The SMILES string of the molecule is Cc1nsc(N(C)C(=O)C2(N)CCOCC2)c1C(=O)O. The second kappa shape index (κ2) is 5.47. The number of aryl methyl sites for hydroxylation is 1. The zero-order valence-corrected chi connectivity index (χ0v) is 12.2. The Morgan fingerprint density at radius 1 is 1.45 bits per heavy atom. The molecule has 8 heteroatoms. The van der Waals surface area contributed by atoms with Gasteiger partial charge in [0.1, 0.15) is 16.1 Å². The van der Waals surface area contributed by atoms with E-state index in [1.54, 1.807) is 6.92 Å². The molecule has 0 atom stereocenters. The molecule has 0 unspecified atom stereocenters. The van der Waals surface area contributed by atoms with Crippen molar-refractivity contribution in [3.8, 4) is 0 Å². The monoisotopic (exact) mass is 299 g/mol. The second-order valence-electron chi connectivity index (χ2n) is 4.89. The Kier molecular flexibility index (Phi) is 4.07. The summed E-state index contributed by atoms with van der Waals surface area (Å²) in [5.74, 6) is -1.39. The average molecular weight is 299 g/mol. The maximum Gasteiger partial charge on any atom is 0.340 e. The van der Waals surface area contributed by atoms with Crippen molar-refractivity contribution in [2.24, 2.45) is 5.73 Å². The molecule has 20 heavy (non-hydrogen) atoms. The van der Waals surface area contributed by atoms with Crippen molar-refractivity contribution >= 4 is 28.4 Å². The van der Waals surface area contributed by atoms with Gasteiger partial charge in [-0.1, -0.05) is 0 Å². The summed E-state index contributed by atoms with van der Waals surface area (Å²) in [4.78, 5) is 25.1.